The zero-order valence-corrected chi connectivity index (χ0v) is 14.6. The third-order valence-electron chi connectivity index (χ3n) is 4.90. The molecule has 134 valence electrons. The van der Waals surface area contributed by atoms with Crippen molar-refractivity contribution in [3.8, 4) is 0 Å². The van der Waals surface area contributed by atoms with Crippen LogP contribution in [0.5, 0.6) is 0 Å². The molecule has 2 aliphatic rings. The summed E-state index contributed by atoms with van der Waals surface area (Å²) in [5.74, 6) is -0.739. The number of piperazine rings is 1. The molecule has 2 fully saturated rings. The fourth-order valence-corrected chi connectivity index (χ4v) is 3.49. The second-order valence-electron chi connectivity index (χ2n) is 6.41. The fourth-order valence-electron chi connectivity index (χ4n) is 3.49. The average molecular weight is 345 g/mol. The van der Waals surface area contributed by atoms with Gasteiger partial charge in [-0.05, 0) is 12.1 Å². The Labute approximate surface area is 147 Å². The number of carbonyl (C=O) groups excluding carboxylic acids is 3. The lowest BCUT2D eigenvalue weighted by Gasteiger charge is -2.37. The minimum Gasteiger partial charge on any atom is -0.469 e. The highest BCUT2D eigenvalue weighted by molar-refractivity contribution is 6.01. The molecule has 0 radical (unpaired) electrons. The Kier molecular flexibility index (Phi) is 4.92. The number of methoxy groups -OCH3 is 1. The summed E-state index contributed by atoms with van der Waals surface area (Å²) in [6.07, 6.45) is 0.180. The SMILES string of the molecule is COC(=O)[C@H]1CC(=O)N(c2ccccc2N2CCN(C(C)=O)CC2)C1. The number of esters is 1. The highest BCUT2D eigenvalue weighted by Gasteiger charge is 2.37. The van der Waals surface area contributed by atoms with Crippen LogP contribution in [0.4, 0.5) is 11.4 Å². The lowest BCUT2D eigenvalue weighted by atomic mass is 10.1. The molecule has 1 aromatic rings. The molecule has 2 amide bonds. The first kappa shape index (κ1) is 17.3. The predicted octanol–water partition coefficient (Wildman–Crippen LogP) is 0.881. The van der Waals surface area contributed by atoms with Crippen LogP contribution in [-0.4, -0.2) is 62.5 Å². The minimum atomic E-state index is -0.417. The van der Waals surface area contributed by atoms with Crippen molar-refractivity contribution >= 4 is 29.2 Å². The first-order valence-electron chi connectivity index (χ1n) is 8.49. The Bertz CT molecular complexity index is 683. The standard InChI is InChI=1S/C18H23N3O4/c1-13(22)19-7-9-20(10-8-19)15-5-3-4-6-16(15)21-12-14(11-17(21)23)18(24)25-2/h3-6,14H,7-12H2,1-2H3/t14-/m0/s1. The number of hydrogen-bond donors (Lipinski definition) is 0. The molecule has 7 heteroatoms. The van der Waals surface area contributed by atoms with E-state index in [1.165, 1.54) is 7.11 Å². The molecule has 1 aromatic carbocycles. The van der Waals surface area contributed by atoms with Gasteiger partial charge in [-0.1, -0.05) is 12.1 Å². The van der Waals surface area contributed by atoms with Crippen molar-refractivity contribution in [2.24, 2.45) is 5.92 Å². The zero-order valence-electron chi connectivity index (χ0n) is 14.6. The molecule has 0 spiro atoms. The molecule has 2 heterocycles. The van der Waals surface area contributed by atoms with Crippen LogP contribution in [-0.2, 0) is 19.1 Å². The maximum atomic E-state index is 12.4. The maximum absolute atomic E-state index is 12.4. The van der Waals surface area contributed by atoms with Crippen LogP contribution < -0.4 is 9.80 Å². The fraction of sp³-hybridized carbons (Fsp3) is 0.500. The number of nitrogens with zero attached hydrogens (tertiary/aromatic N) is 3. The normalized spacial score (nSPS) is 20.8. The predicted molar refractivity (Wildman–Crippen MR) is 93.4 cm³/mol. The number of hydrogen-bond acceptors (Lipinski definition) is 5. The molecule has 0 bridgehead atoms. The lowest BCUT2D eigenvalue weighted by Crippen LogP contribution is -2.48. The first-order chi connectivity index (χ1) is 12.0. The minimum absolute atomic E-state index is 0.0646. The van der Waals surface area contributed by atoms with Crippen molar-refractivity contribution in [3.05, 3.63) is 24.3 Å². The lowest BCUT2D eigenvalue weighted by molar-refractivity contribution is -0.145. The van der Waals surface area contributed by atoms with E-state index in [9.17, 15) is 14.4 Å². The van der Waals surface area contributed by atoms with Crippen molar-refractivity contribution in [1.82, 2.24) is 4.90 Å². The summed E-state index contributed by atoms with van der Waals surface area (Å²) >= 11 is 0. The van der Waals surface area contributed by atoms with Crippen LogP contribution >= 0.6 is 0 Å². The Hall–Kier alpha value is -2.57. The number of anilines is 2. The van der Waals surface area contributed by atoms with Gasteiger partial charge in [-0.3, -0.25) is 14.4 Å². The molecule has 0 saturated carbocycles. The van der Waals surface area contributed by atoms with Crippen LogP contribution in [0, 0.1) is 5.92 Å². The summed E-state index contributed by atoms with van der Waals surface area (Å²) in [6, 6.07) is 7.72. The van der Waals surface area contributed by atoms with E-state index >= 15 is 0 Å². The maximum Gasteiger partial charge on any atom is 0.311 e. The van der Waals surface area contributed by atoms with Gasteiger partial charge in [-0.2, -0.15) is 0 Å². The summed E-state index contributed by atoms with van der Waals surface area (Å²) < 4.78 is 4.78. The highest BCUT2D eigenvalue weighted by Crippen LogP contribution is 2.34. The first-order valence-corrected chi connectivity index (χ1v) is 8.49. The molecule has 2 aliphatic heterocycles. The monoisotopic (exact) mass is 345 g/mol. The van der Waals surface area contributed by atoms with Gasteiger partial charge >= 0.3 is 5.97 Å². The number of amides is 2. The van der Waals surface area contributed by atoms with E-state index in [1.807, 2.05) is 29.2 Å². The Morgan fingerprint density at radius 3 is 2.32 bits per heavy atom. The second kappa shape index (κ2) is 7.13. The van der Waals surface area contributed by atoms with E-state index in [4.69, 9.17) is 4.74 Å². The van der Waals surface area contributed by atoms with E-state index in [0.717, 1.165) is 24.5 Å². The molecule has 0 aromatic heterocycles. The third-order valence-corrected chi connectivity index (χ3v) is 4.90. The molecular formula is C18H23N3O4. The van der Waals surface area contributed by atoms with E-state index in [2.05, 4.69) is 4.90 Å². The Morgan fingerprint density at radius 2 is 1.72 bits per heavy atom. The quantitative estimate of drug-likeness (QED) is 0.761. The van der Waals surface area contributed by atoms with E-state index in [0.29, 0.717) is 19.6 Å². The summed E-state index contributed by atoms with van der Waals surface area (Å²) in [6.45, 7) is 4.71. The van der Waals surface area contributed by atoms with Crippen LogP contribution in [0.2, 0.25) is 0 Å². The van der Waals surface area contributed by atoms with Gasteiger partial charge < -0.3 is 19.4 Å². The molecule has 0 N–H and O–H groups in total. The van der Waals surface area contributed by atoms with E-state index in [-0.39, 0.29) is 24.2 Å². The van der Waals surface area contributed by atoms with Gasteiger partial charge in [0.2, 0.25) is 11.8 Å². The number of carbonyl (C=O) groups is 3. The molecular weight excluding hydrogens is 322 g/mol. The number of ether oxygens (including phenoxy) is 1. The van der Waals surface area contributed by atoms with Gasteiger partial charge in [-0.25, -0.2) is 0 Å². The summed E-state index contributed by atoms with van der Waals surface area (Å²) in [5.41, 5.74) is 1.78. The van der Waals surface area contributed by atoms with Crippen molar-refractivity contribution < 1.29 is 19.1 Å². The van der Waals surface area contributed by atoms with Gasteiger partial charge in [0.25, 0.3) is 0 Å². The van der Waals surface area contributed by atoms with Gasteiger partial charge in [-0.15, -0.1) is 0 Å². The third kappa shape index (κ3) is 3.45. The molecule has 1 atom stereocenters. The van der Waals surface area contributed by atoms with Crippen molar-refractivity contribution in [3.63, 3.8) is 0 Å². The van der Waals surface area contributed by atoms with Gasteiger partial charge in [0.1, 0.15) is 0 Å². The van der Waals surface area contributed by atoms with Crippen molar-refractivity contribution in [2.45, 2.75) is 13.3 Å². The average Bonchev–Trinajstić information content (AvgIpc) is 3.02. The number of rotatable bonds is 3. The van der Waals surface area contributed by atoms with Crippen LogP contribution in [0.1, 0.15) is 13.3 Å². The largest absolute Gasteiger partial charge is 0.469 e. The number of para-hydroxylation sites is 2. The molecule has 2 saturated heterocycles. The van der Waals surface area contributed by atoms with Gasteiger partial charge in [0.05, 0.1) is 24.4 Å². The molecule has 0 aliphatic carbocycles. The topological polar surface area (TPSA) is 70.2 Å². The van der Waals surface area contributed by atoms with E-state index < -0.39 is 5.92 Å². The molecule has 25 heavy (non-hydrogen) atoms. The highest BCUT2D eigenvalue weighted by atomic mass is 16.5. The summed E-state index contributed by atoms with van der Waals surface area (Å²) in [5, 5.41) is 0. The molecule has 7 nitrogen and oxygen atoms in total. The zero-order chi connectivity index (χ0) is 18.0. The van der Waals surface area contributed by atoms with E-state index in [1.54, 1.807) is 11.8 Å². The smallest absolute Gasteiger partial charge is 0.311 e. The molecule has 3 rings (SSSR count). The summed E-state index contributed by atoms with van der Waals surface area (Å²) in [4.78, 5) is 41.4. The molecule has 0 unspecified atom stereocenters. The summed E-state index contributed by atoms with van der Waals surface area (Å²) in [7, 11) is 1.35. The van der Waals surface area contributed by atoms with Crippen LogP contribution in [0.15, 0.2) is 24.3 Å². The Balaban J connectivity index is 1.79. The van der Waals surface area contributed by atoms with Gasteiger partial charge in [0.15, 0.2) is 0 Å². The Morgan fingerprint density at radius 1 is 1.08 bits per heavy atom. The van der Waals surface area contributed by atoms with Crippen molar-refractivity contribution in [2.75, 3.05) is 49.6 Å². The van der Waals surface area contributed by atoms with Crippen molar-refractivity contribution in [1.29, 1.82) is 0 Å². The van der Waals surface area contributed by atoms with Gasteiger partial charge in [0, 0.05) is 46.1 Å². The number of benzene rings is 1. The second-order valence-corrected chi connectivity index (χ2v) is 6.41. The van der Waals surface area contributed by atoms with Crippen LogP contribution in [0.3, 0.4) is 0 Å². The van der Waals surface area contributed by atoms with Crippen LogP contribution in [0.25, 0.3) is 0 Å².